The number of fused-ring (bicyclic) bond motifs is 7. The Morgan fingerprint density at radius 1 is 0.906 bits per heavy atom. The molecular formula is C43H50Cl2NNaO6. The van der Waals surface area contributed by atoms with Crippen molar-refractivity contribution in [1.29, 1.82) is 0 Å². The molecule has 3 saturated carbocycles. The van der Waals surface area contributed by atoms with Gasteiger partial charge in [-0.1, -0.05) is 86.8 Å². The summed E-state index contributed by atoms with van der Waals surface area (Å²) < 4.78 is 0. The number of anilines is 2. The second-order valence-electron chi connectivity index (χ2n) is 17.1. The number of carboxylic acids is 2. The summed E-state index contributed by atoms with van der Waals surface area (Å²) in [6.07, 6.45) is 10.0. The molecule has 10 heteroatoms. The smallest absolute Gasteiger partial charge is 0.545 e. The minimum absolute atomic E-state index is 0. The number of nitrogens with one attached hydrogen (secondary N) is 1. The van der Waals surface area contributed by atoms with Gasteiger partial charge >= 0.3 is 35.5 Å². The van der Waals surface area contributed by atoms with E-state index in [4.69, 9.17) is 23.2 Å². The summed E-state index contributed by atoms with van der Waals surface area (Å²) in [5.41, 5.74) is 5.77. The van der Waals surface area contributed by atoms with Gasteiger partial charge in [-0.2, -0.15) is 0 Å². The molecular weight excluding hydrogens is 720 g/mol. The fraction of sp³-hybridized carbons (Fsp3) is 0.488. The molecule has 0 heterocycles. The molecule has 278 valence electrons. The first kappa shape index (κ1) is 41.5. The number of aromatic carboxylic acids is 1. The average Bonchev–Trinajstić information content (AvgIpc) is 3.10. The second kappa shape index (κ2) is 14.4. The number of aromatic hydroxyl groups is 2. The minimum Gasteiger partial charge on any atom is -0.545 e. The molecule has 7 rings (SSSR count). The van der Waals surface area contributed by atoms with Gasteiger partial charge in [0.25, 0.3) is 0 Å². The van der Waals surface area contributed by atoms with Gasteiger partial charge in [0.1, 0.15) is 0 Å². The van der Waals surface area contributed by atoms with Crippen LogP contribution < -0.4 is 40.0 Å². The number of carbonyl (C=O) groups excluding carboxylic acids is 1. The van der Waals surface area contributed by atoms with E-state index in [2.05, 4.69) is 39.1 Å². The van der Waals surface area contributed by atoms with E-state index in [-0.39, 0.29) is 68.3 Å². The molecule has 6 atom stereocenters. The van der Waals surface area contributed by atoms with Gasteiger partial charge in [0.15, 0.2) is 11.5 Å². The quantitative estimate of drug-likeness (QED) is 0.127. The van der Waals surface area contributed by atoms with Gasteiger partial charge in [0.05, 0.1) is 27.1 Å². The monoisotopic (exact) mass is 769 g/mol. The molecule has 3 aromatic rings. The Morgan fingerprint density at radius 2 is 1.57 bits per heavy atom. The fourth-order valence-electron chi connectivity index (χ4n) is 10.6. The molecule has 0 spiro atoms. The molecule has 4 aliphatic rings. The fourth-order valence-corrected chi connectivity index (χ4v) is 11.0. The van der Waals surface area contributed by atoms with Gasteiger partial charge in [-0.05, 0) is 135 Å². The summed E-state index contributed by atoms with van der Waals surface area (Å²) in [5.74, 6) is -1.54. The zero-order valence-corrected chi connectivity index (χ0v) is 35.7. The molecule has 7 nitrogen and oxygen atoms in total. The number of carbonyl (C=O) groups is 2. The second-order valence-corrected chi connectivity index (χ2v) is 17.9. The van der Waals surface area contributed by atoms with E-state index in [1.54, 1.807) is 30.3 Å². The number of rotatable bonds is 4. The van der Waals surface area contributed by atoms with Crippen molar-refractivity contribution in [1.82, 2.24) is 0 Å². The van der Waals surface area contributed by atoms with Crippen LogP contribution in [0.3, 0.4) is 0 Å². The molecule has 0 radical (unpaired) electrons. The third-order valence-corrected chi connectivity index (χ3v) is 15.1. The van der Waals surface area contributed by atoms with E-state index in [1.165, 1.54) is 17.2 Å². The van der Waals surface area contributed by atoms with Gasteiger partial charge in [-0.3, -0.25) is 4.79 Å². The first-order valence-corrected chi connectivity index (χ1v) is 19.0. The topological polar surface area (TPSA) is 130 Å². The number of aliphatic carboxylic acids is 1. The maximum absolute atomic E-state index is 12.3. The normalized spacial score (nSPS) is 31.1. The number of hydrogen-bond donors (Lipinski definition) is 4. The van der Waals surface area contributed by atoms with Gasteiger partial charge in [0, 0.05) is 16.7 Å². The van der Waals surface area contributed by atoms with Crippen molar-refractivity contribution >= 4 is 46.5 Å². The minimum atomic E-state index is -1.26. The number of hydrogen-bond acceptors (Lipinski definition) is 6. The molecule has 4 aliphatic carbocycles. The van der Waals surface area contributed by atoms with Gasteiger partial charge in [-0.25, -0.2) is 0 Å². The van der Waals surface area contributed by atoms with Crippen molar-refractivity contribution in [2.24, 2.45) is 27.6 Å². The summed E-state index contributed by atoms with van der Waals surface area (Å²) in [7, 11) is 0. The van der Waals surface area contributed by atoms with E-state index in [0.717, 1.165) is 68.1 Å². The summed E-state index contributed by atoms with van der Waals surface area (Å²) in [6.45, 7) is 15.4. The van der Waals surface area contributed by atoms with Crippen molar-refractivity contribution in [2.45, 2.75) is 105 Å². The third kappa shape index (κ3) is 6.60. The van der Waals surface area contributed by atoms with Crippen LogP contribution in [0.4, 0.5) is 11.4 Å². The zero-order chi connectivity index (χ0) is 38.2. The van der Waals surface area contributed by atoms with E-state index < -0.39 is 17.4 Å². The number of aryl methyl sites for hydroxylation is 1. The molecule has 0 aliphatic heterocycles. The van der Waals surface area contributed by atoms with Crippen LogP contribution in [0.15, 0.2) is 54.1 Å². The van der Waals surface area contributed by atoms with Crippen molar-refractivity contribution in [3.63, 3.8) is 0 Å². The van der Waals surface area contributed by atoms with Crippen molar-refractivity contribution in [2.75, 3.05) is 5.32 Å². The van der Waals surface area contributed by atoms with Gasteiger partial charge in [-0.15, -0.1) is 0 Å². The van der Waals surface area contributed by atoms with Crippen LogP contribution in [0.1, 0.15) is 112 Å². The molecule has 4 N–H and O–H groups in total. The standard InChI is InChI=1S/C29H40O4.C14H11Cl2NO2.Na/c1-17-18-7-8-21-27(4,19(18)15-20(30)23(17)31)12-14-29(6)22-16-26(3,24(32)33)10-9-25(22,2)11-13-28(21,29)5;1-8-6-7-10(15)13(12(8)16)17-11-5-3-2-4-9(11)14(18)19;/h8,15,22,30-31H,7,9-14,16H2,1-6H3,(H,32,33);2-7,17H,1H3,(H,18,19);/q;;+1/p-1. The molecule has 0 saturated heterocycles. The van der Waals surface area contributed by atoms with Crippen LogP contribution in [-0.2, 0) is 16.6 Å². The molecule has 0 aromatic heterocycles. The van der Waals surface area contributed by atoms with E-state index in [9.17, 15) is 30.0 Å². The molecule has 3 aromatic carbocycles. The number of phenolic OH excluding ortho intramolecular Hbond substituents is 2. The number of para-hydroxylation sites is 1. The Hall–Kier alpha value is -2.68. The van der Waals surface area contributed by atoms with Crippen molar-refractivity contribution in [3.05, 3.63) is 92.0 Å². The van der Waals surface area contributed by atoms with Crippen LogP contribution in [0.2, 0.25) is 10.0 Å². The van der Waals surface area contributed by atoms with Crippen LogP contribution in [0, 0.1) is 41.4 Å². The van der Waals surface area contributed by atoms with Gasteiger partial charge in [0.2, 0.25) is 0 Å². The molecule has 6 unspecified atom stereocenters. The Labute approximate surface area is 345 Å². The summed E-state index contributed by atoms with van der Waals surface area (Å²) in [4.78, 5) is 23.3. The third-order valence-electron chi connectivity index (χ3n) is 14.3. The van der Waals surface area contributed by atoms with Crippen molar-refractivity contribution < 1.29 is 59.6 Å². The molecule has 3 fully saturated rings. The first-order valence-electron chi connectivity index (χ1n) is 18.2. The summed E-state index contributed by atoms with van der Waals surface area (Å²) >= 11 is 12.2. The Morgan fingerprint density at radius 3 is 2.23 bits per heavy atom. The predicted octanol–water partition coefficient (Wildman–Crippen LogP) is 7.06. The molecule has 0 amide bonds. The van der Waals surface area contributed by atoms with Gasteiger partial charge < -0.3 is 30.5 Å². The average molecular weight is 771 g/mol. The largest absolute Gasteiger partial charge is 1.00 e. The Bertz CT molecular complexity index is 2020. The Kier molecular flexibility index (Phi) is 11.3. The van der Waals surface area contributed by atoms with Crippen LogP contribution in [-0.4, -0.2) is 27.3 Å². The number of carboxylic acid groups (broad SMARTS) is 2. The van der Waals surface area contributed by atoms with Crippen LogP contribution in [0.25, 0.3) is 0 Å². The predicted molar refractivity (Wildman–Crippen MR) is 205 cm³/mol. The van der Waals surface area contributed by atoms with Crippen molar-refractivity contribution in [3.8, 4) is 11.5 Å². The van der Waals surface area contributed by atoms with Crippen LogP contribution in [0.5, 0.6) is 11.5 Å². The zero-order valence-electron chi connectivity index (χ0n) is 32.2. The number of allylic oxidation sites excluding steroid dienone is 2. The van der Waals surface area contributed by atoms with E-state index in [1.807, 2.05) is 26.8 Å². The molecule has 53 heavy (non-hydrogen) atoms. The molecule has 0 bridgehead atoms. The Balaban J connectivity index is 0.000000232. The number of halogens is 2. The summed E-state index contributed by atoms with van der Waals surface area (Å²) in [6, 6.07) is 11.7. The summed E-state index contributed by atoms with van der Waals surface area (Å²) in [5, 5.41) is 45.8. The van der Waals surface area contributed by atoms with E-state index in [0.29, 0.717) is 27.3 Å². The van der Waals surface area contributed by atoms with Crippen LogP contribution >= 0.6 is 23.2 Å². The number of phenols is 2. The van der Waals surface area contributed by atoms with E-state index >= 15 is 0 Å². The SMILES string of the molecule is Cc1c(O)c(O)cc2c1CC=C1C2(C)CCC2(C)C3CC(C)(C(=O)O)CCC3(C)CCC12C.Cc1ccc(Cl)c(Nc2ccccc2C(=O)[O-])c1Cl.[Na+]. The first-order chi connectivity index (χ1) is 24.2. The number of benzene rings is 3. The maximum Gasteiger partial charge on any atom is 1.00 e. The maximum atomic E-state index is 12.3.